The number of rotatable bonds is 3. The van der Waals surface area contributed by atoms with Crippen LogP contribution in [0.5, 0.6) is 0 Å². The second-order valence-corrected chi connectivity index (χ2v) is 4.37. The van der Waals surface area contributed by atoms with Crippen LogP contribution in [0.4, 0.5) is 10.1 Å². The van der Waals surface area contributed by atoms with Crippen molar-refractivity contribution in [3.63, 3.8) is 0 Å². The normalized spacial score (nSPS) is 25.5. The first-order chi connectivity index (χ1) is 7.18. The Balaban J connectivity index is 1.90. The summed E-state index contributed by atoms with van der Waals surface area (Å²) in [6.07, 6.45) is 0.577. The van der Waals surface area contributed by atoms with Gasteiger partial charge in [-0.2, -0.15) is 0 Å². The topological polar surface area (TPSA) is 24.1 Å². The van der Waals surface area contributed by atoms with Gasteiger partial charge in [-0.05, 0) is 37.2 Å². The van der Waals surface area contributed by atoms with E-state index in [1.165, 1.54) is 0 Å². The van der Waals surface area contributed by atoms with Crippen molar-refractivity contribution in [3.8, 4) is 0 Å². The molecule has 1 heterocycles. The van der Waals surface area contributed by atoms with Gasteiger partial charge in [0.05, 0.1) is 6.54 Å². The van der Waals surface area contributed by atoms with Crippen molar-refractivity contribution >= 4 is 17.3 Å². The van der Waals surface area contributed by atoms with Crippen LogP contribution in [0.25, 0.3) is 0 Å². The number of benzene rings is 1. The van der Waals surface area contributed by atoms with Gasteiger partial charge in [-0.1, -0.05) is 11.6 Å². The first-order valence-electron chi connectivity index (χ1n) is 5.07. The van der Waals surface area contributed by atoms with Crippen LogP contribution in [-0.4, -0.2) is 25.3 Å². The Kier molecular flexibility index (Phi) is 3.12. The van der Waals surface area contributed by atoms with Crippen molar-refractivity contribution in [2.75, 3.05) is 25.0 Å². The van der Waals surface area contributed by atoms with Gasteiger partial charge in [0.15, 0.2) is 0 Å². The number of hydrogen-bond donors (Lipinski definition) is 2. The maximum atomic E-state index is 13.9. The minimum absolute atomic E-state index is 0.349. The minimum atomic E-state index is -1.11. The van der Waals surface area contributed by atoms with Gasteiger partial charge < -0.3 is 10.6 Å². The Morgan fingerprint density at radius 1 is 1.40 bits per heavy atom. The largest absolute Gasteiger partial charge is 0.382 e. The molecule has 15 heavy (non-hydrogen) atoms. The van der Waals surface area contributed by atoms with Gasteiger partial charge in [0.2, 0.25) is 0 Å². The third-order valence-corrected chi connectivity index (χ3v) is 2.90. The van der Waals surface area contributed by atoms with Gasteiger partial charge in [-0.3, -0.25) is 0 Å². The predicted molar refractivity (Wildman–Crippen MR) is 61.3 cm³/mol. The molecule has 0 amide bonds. The highest BCUT2D eigenvalue weighted by molar-refractivity contribution is 6.30. The van der Waals surface area contributed by atoms with Crippen LogP contribution >= 0.6 is 11.6 Å². The summed E-state index contributed by atoms with van der Waals surface area (Å²) in [5.74, 6) is 0. The van der Waals surface area contributed by atoms with Gasteiger partial charge in [-0.15, -0.1) is 0 Å². The molecule has 0 aliphatic carbocycles. The van der Waals surface area contributed by atoms with Gasteiger partial charge in [0, 0.05) is 17.3 Å². The summed E-state index contributed by atoms with van der Waals surface area (Å²) in [5, 5.41) is 6.80. The van der Waals surface area contributed by atoms with Gasteiger partial charge >= 0.3 is 0 Å². The lowest BCUT2D eigenvalue weighted by Gasteiger charge is -2.19. The number of halogens is 2. The van der Waals surface area contributed by atoms with Crippen LogP contribution in [0.1, 0.15) is 6.42 Å². The highest BCUT2D eigenvalue weighted by Crippen LogP contribution is 2.21. The molecule has 2 rings (SSSR count). The van der Waals surface area contributed by atoms with Crippen LogP contribution in [0, 0.1) is 0 Å². The van der Waals surface area contributed by atoms with Crippen molar-refractivity contribution in [2.45, 2.75) is 12.1 Å². The minimum Gasteiger partial charge on any atom is -0.382 e. The zero-order chi connectivity index (χ0) is 10.7. The molecule has 4 heteroatoms. The summed E-state index contributed by atoms with van der Waals surface area (Å²) in [6, 6.07) is 7.30. The molecule has 2 nitrogen and oxygen atoms in total. The fourth-order valence-corrected chi connectivity index (χ4v) is 1.82. The molecule has 82 valence electrons. The number of anilines is 1. The van der Waals surface area contributed by atoms with E-state index < -0.39 is 5.67 Å². The Morgan fingerprint density at radius 3 is 2.73 bits per heavy atom. The average Bonchev–Trinajstić information content (AvgIpc) is 2.65. The van der Waals surface area contributed by atoms with E-state index in [-0.39, 0.29) is 0 Å². The summed E-state index contributed by atoms with van der Waals surface area (Å²) < 4.78 is 13.9. The number of nitrogens with one attached hydrogen (secondary N) is 2. The van der Waals surface area contributed by atoms with Crippen molar-refractivity contribution in [1.29, 1.82) is 0 Å². The molecule has 1 aromatic rings. The van der Waals surface area contributed by atoms with Crippen molar-refractivity contribution < 1.29 is 4.39 Å². The summed E-state index contributed by atoms with van der Waals surface area (Å²) in [5.41, 5.74) is -0.206. The molecule has 2 N–H and O–H groups in total. The van der Waals surface area contributed by atoms with Crippen LogP contribution in [-0.2, 0) is 0 Å². The third-order valence-electron chi connectivity index (χ3n) is 2.65. The molecule has 0 radical (unpaired) electrons. The van der Waals surface area contributed by atoms with Crippen LogP contribution in [0.3, 0.4) is 0 Å². The zero-order valence-corrected chi connectivity index (χ0v) is 9.15. The molecule has 0 spiro atoms. The molecule has 1 aliphatic rings. The Labute approximate surface area is 93.8 Å². The predicted octanol–water partition coefficient (Wildman–Crippen LogP) is 2.45. The molecule has 0 aromatic heterocycles. The smallest absolute Gasteiger partial charge is 0.141 e. The Hall–Kier alpha value is -0.800. The van der Waals surface area contributed by atoms with E-state index in [1.807, 2.05) is 12.1 Å². The van der Waals surface area contributed by atoms with Crippen LogP contribution in [0.15, 0.2) is 24.3 Å². The fourth-order valence-electron chi connectivity index (χ4n) is 1.69. The standard InChI is InChI=1S/C11H14ClFN2/c12-9-1-3-10(4-2-9)15-8-11(13)5-6-14-7-11/h1-4,14-15H,5-8H2. The molecule has 1 unspecified atom stereocenters. The van der Waals surface area contributed by atoms with E-state index in [4.69, 9.17) is 11.6 Å². The number of hydrogen-bond acceptors (Lipinski definition) is 2. The molecule has 1 atom stereocenters. The molecule has 1 aliphatic heterocycles. The lowest BCUT2D eigenvalue weighted by atomic mass is 10.1. The summed E-state index contributed by atoms with van der Waals surface area (Å²) in [7, 11) is 0. The van der Waals surface area contributed by atoms with Gasteiger partial charge in [0.25, 0.3) is 0 Å². The highest BCUT2D eigenvalue weighted by Gasteiger charge is 2.33. The van der Waals surface area contributed by atoms with E-state index in [0.717, 1.165) is 12.2 Å². The second kappa shape index (κ2) is 4.37. The van der Waals surface area contributed by atoms with E-state index >= 15 is 0 Å². The van der Waals surface area contributed by atoms with E-state index in [1.54, 1.807) is 12.1 Å². The zero-order valence-electron chi connectivity index (χ0n) is 8.39. The van der Waals surface area contributed by atoms with Crippen LogP contribution < -0.4 is 10.6 Å². The molecule has 1 aromatic carbocycles. The maximum Gasteiger partial charge on any atom is 0.141 e. The first-order valence-corrected chi connectivity index (χ1v) is 5.45. The van der Waals surface area contributed by atoms with Crippen molar-refractivity contribution in [2.24, 2.45) is 0 Å². The van der Waals surface area contributed by atoms with E-state index in [9.17, 15) is 4.39 Å². The third kappa shape index (κ3) is 2.83. The molecule has 1 fully saturated rings. The number of alkyl halides is 1. The summed E-state index contributed by atoms with van der Waals surface area (Å²) in [4.78, 5) is 0. The molecule has 1 saturated heterocycles. The van der Waals surface area contributed by atoms with Crippen molar-refractivity contribution in [3.05, 3.63) is 29.3 Å². The average molecular weight is 229 g/mol. The van der Waals surface area contributed by atoms with Crippen molar-refractivity contribution in [1.82, 2.24) is 5.32 Å². The quantitative estimate of drug-likeness (QED) is 0.831. The Bertz CT molecular complexity index is 320. The summed E-state index contributed by atoms with van der Waals surface area (Å²) in [6.45, 7) is 1.55. The molecular formula is C11H14ClFN2. The Morgan fingerprint density at radius 2 is 2.13 bits per heavy atom. The molecule has 0 bridgehead atoms. The fraction of sp³-hybridized carbons (Fsp3) is 0.455. The first kappa shape index (κ1) is 10.7. The lowest BCUT2D eigenvalue weighted by Crippen LogP contribution is -2.34. The molecular weight excluding hydrogens is 215 g/mol. The monoisotopic (exact) mass is 228 g/mol. The highest BCUT2D eigenvalue weighted by atomic mass is 35.5. The van der Waals surface area contributed by atoms with E-state index in [0.29, 0.717) is 24.5 Å². The second-order valence-electron chi connectivity index (χ2n) is 3.94. The lowest BCUT2D eigenvalue weighted by molar-refractivity contribution is 0.208. The molecule has 0 saturated carbocycles. The maximum absolute atomic E-state index is 13.9. The van der Waals surface area contributed by atoms with Crippen LogP contribution in [0.2, 0.25) is 5.02 Å². The summed E-state index contributed by atoms with van der Waals surface area (Å²) >= 11 is 5.75. The van der Waals surface area contributed by atoms with E-state index in [2.05, 4.69) is 10.6 Å². The van der Waals surface area contributed by atoms with Gasteiger partial charge in [0.1, 0.15) is 5.67 Å². The van der Waals surface area contributed by atoms with Gasteiger partial charge in [-0.25, -0.2) is 4.39 Å². The SMILES string of the molecule is FC1(CNc2ccc(Cl)cc2)CCNC1.